The molecule has 0 spiro atoms. The van der Waals surface area contributed by atoms with E-state index in [9.17, 15) is 10.2 Å². The van der Waals surface area contributed by atoms with E-state index in [2.05, 4.69) is 71.5 Å². The summed E-state index contributed by atoms with van der Waals surface area (Å²) in [6, 6.07) is 28.4. The molecule has 0 saturated carbocycles. The van der Waals surface area contributed by atoms with Crippen LogP contribution < -0.4 is 5.32 Å². The van der Waals surface area contributed by atoms with Gasteiger partial charge in [0, 0.05) is 35.4 Å². The summed E-state index contributed by atoms with van der Waals surface area (Å²) in [5.41, 5.74) is 4.32. The van der Waals surface area contributed by atoms with Gasteiger partial charge in [0.25, 0.3) is 0 Å². The Morgan fingerprint density at radius 3 is 2.34 bits per heavy atom. The molecule has 32 heavy (non-hydrogen) atoms. The lowest BCUT2D eigenvalue weighted by atomic mass is 10.0. The van der Waals surface area contributed by atoms with Crippen LogP contribution in [-0.4, -0.2) is 27.4 Å². The molecule has 5 aromatic rings. The van der Waals surface area contributed by atoms with Gasteiger partial charge in [-0.1, -0.05) is 66.7 Å². The molecule has 0 aliphatic heterocycles. The highest BCUT2D eigenvalue weighted by Gasteiger charge is 2.20. The predicted octanol–water partition coefficient (Wildman–Crippen LogP) is 5.09. The molecule has 2 atom stereocenters. The molecule has 0 aliphatic rings. The van der Waals surface area contributed by atoms with Crippen LogP contribution in [0.25, 0.3) is 32.6 Å². The fraction of sp³-hybridized carbons (Fsp3) is 0.185. The van der Waals surface area contributed by atoms with Crippen LogP contribution in [0.3, 0.4) is 0 Å². The highest BCUT2D eigenvalue weighted by molar-refractivity contribution is 6.20. The van der Waals surface area contributed by atoms with E-state index in [0.29, 0.717) is 6.54 Å². The van der Waals surface area contributed by atoms with Crippen molar-refractivity contribution in [3.05, 3.63) is 96.1 Å². The SMILES string of the molecule is Cl.Cn1c2ccc(CN[C@@H](CO)[C@@H](O)c3ccccc3)cc2c2c3ccccc3ccc21. The van der Waals surface area contributed by atoms with Crippen molar-refractivity contribution in [3.8, 4) is 0 Å². The van der Waals surface area contributed by atoms with Crippen molar-refractivity contribution in [2.45, 2.75) is 18.7 Å². The van der Waals surface area contributed by atoms with Gasteiger partial charge in [-0.25, -0.2) is 0 Å². The molecule has 0 fully saturated rings. The zero-order chi connectivity index (χ0) is 21.4. The third kappa shape index (κ3) is 3.87. The summed E-state index contributed by atoms with van der Waals surface area (Å²) >= 11 is 0. The molecule has 0 amide bonds. The van der Waals surface area contributed by atoms with Crippen molar-refractivity contribution in [1.29, 1.82) is 0 Å². The van der Waals surface area contributed by atoms with Crippen LogP contribution in [-0.2, 0) is 13.6 Å². The Balaban J connectivity index is 0.00000245. The van der Waals surface area contributed by atoms with Crippen molar-refractivity contribution in [2.24, 2.45) is 7.05 Å². The highest BCUT2D eigenvalue weighted by Crippen LogP contribution is 2.34. The van der Waals surface area contributed by atoms with E-state index >= 15 is 0 Å². The molecule has 5 heteroatoms. The Bertz CT molecular complexity index is 1360. The first kappa shape index (κ1) is 22.3. The maximum atomic E-state index is 10.7. The number of halogens is 1. The molecule has 0 aliphatic carbocycles. The normalized spacial score (nSPS) is 13.3. The summed E-state index contributed by atoms with van der Waals surface area (Å²) in [5.74, 6) is 0. The minimum Gasteiger partial charge on any atom is -0.395 e. The number of fused-ring (bicyclic) bond motifs is 5. The third-order valence-electron chi connectivity index (χ3n) is 6.25. The Labute approximate surface area is 193 Å². The molecule has 0 unspecified atom stereocenters. The van der Waals surface area contributed by atoms with Crippen LogP contribution >= 0.6 is 12.4 Å². The van der Waals surface area contributed by atoms with Gasteiger partial charge in [-0.05, 0) is 40.1 Å². The second kappa shape index (κ2) is 9.31. The number of aryl methyl sites for hydroxylation is 1. The number of hydrogen-bond donors (Lipinski definition) is 3. The zero-order valence-corrected chi connectivity index (χ0v) is 18.7. The molecule has 164 valence electrons. The van der Waals surface area contributed by atoms with Gasteiger partial charge < -0.3 is 20.1 Å². The summed E-state index contributed by atoms with van der Waals surface area (Å²) in [6.07, 6.45) is -0.767. The van der Waals surface area contributed by atoms with Crippen molar-refractivity contribution >= 4 is 45.0 Å². The Kier molecular flexibility index (Phi) is 6.49. The van der Waals surface area contributed by atoms with Crippen LogP contribution in [0.1, 0.15) is 17.2 Å². The van der Waals surface area contributed by atoms with Crippen LogP contribution in [0.15, 0.2) is 84.9 Å². The fourth-order valence-electron chi connectivity index (χ4n) is 4.55. The van der Waals surface area contributed by atoms with Crippen molar-refractivity contribution in [1.82, 2.24) is 9.88 Å². The molecule has 0 saturated heterocycles. The lowest BCUT2D eigenvalue weighted by Crippen LogP contribution is -2.37. The van der Waals surface area contributed by atoms with E-state index < -0.39 is 12.1 Å². The van der Waals surface area contributed by atoms with Crippen molar-refractivity contribution in [2.75, 3.05) is 6.61 Å². The molecule has 0 radical (unpaired) electrons. The van der Waals surface area contributed by atoms with Crippen LogP contribution in [0.4, 0.5) is 0 Å². The van der Waals surface area contributed by atoms with Gasteiger partial charge in [0.1, 0.15) is 0 Å². The maximum Gasteiger partial charge on any atom is 0.0965 e. The molecule has 1 heterocycles. The smallest absolute Gasteiger partial charge is 0.0965 e. The van der Waals surface area contributed by atoms with Gasteiger partial charge in [-0.3, -0.25) is 0 Å². The maximum absolute atomic E-state index is 10.7. The number of benzene rings is 4. The molecular weight excluding hydrogens is 420 g/mol. The zero-order valence-electron chi connectivity index (χ0n) is 17.9. The largest absolute Gasteiger partial charge is 0.395 e. The van der Waals surface area contributed by atoms with Crippen molar-refractivity contribution in [3.63, 3.8) is 0 Å². The second-order valence-electron chi connectivity index (χ2n) is 8.12. The predicted molar refractivity (Wildman–Crippen MR) is 134 cm³/mol. The van der Waals surface area contributed by atoms with E-state index in [4.69, 9.17) is 0 Å². The number of aliphatic hydroxyl groups is 2. The number of aliphatic hydroxyl groups excluding tert-OH is 2. The van der Waals surface area contributed by atoms with E-state index in [0.717, 1.165) is 11.1 Å². The first-order valence-corrected chi connectivity index (χ1v) is 10.6. The van der Waals surface area contributed by atoms with Crippen LogP contribution in [0, 0.1) is 0 Å². The van der Waals surface area contributed by atoms with Crippen molar-refractivity contribution < 1.29 is 10.2 Å². The van der Waals surface area contributed by atoms with Gasteiger partial charge in [-0.15, -0.1) is 12.4 Å². The number of nitrogens with one attached hydrogen (secondary N) is 1. The minimum absolute atomic E-state index is 0. The Hall–Kier alpha value is -2.89. The van der Waals surface area contributed by atoms with Gasteiger partial charge in [0.15, 0.2) is 0 Å². The number of aromatic nitrogens is 1. The monoisotopic (exact) mass is 446 g/mol. The van der Waals surface area contributed by atoms with Gasteiger partial charge in [-0.2, -0.15) is 0 Å². The number of nitrogens with zero attached hydrogens (tertiary/aromatic N) is 1. The molecule has 4 aromatic carbocycles. The first-order chi connectivity index (χ1) is 15.2. The minimum atomic E-state index is -0.767. The van der Waals surface area contributed by atoms with Gasteiger partial charge in [0.2, 0.25) is 0 Å². The first-order valence-electron chi connectivity index (χ1n) is 10.6. The molecule has 5 rings (SSSR count). The third-order valence-corrected chi connectivity index (χ3v) is 6.25. The Morgan fingerprint density at radius 1 is 0.844 bits per heavy atom. The van der Waals surface area contributed by atoms with E-state index in [-0.39, 0.29) is 19.0 Å². The lowest BCUT2D eigenvalue weighted by Gasteiger charge is -2.22. The van der Waals surface area contributed by atoms with Crippen LogP contribution in [0.5, 0.6) is 0 Å². The standard InChI is InChI=1S/C27H26N2O2.ClH/c1-29-24-13-11-18(16-28-23(17-30)27(31)20-8-3-2-4-9-20)15-22(24)26-21-10-6-5-7-19(21)12-14-25(26)29;/h2-15,23,27-28,30-31H,16-17H2,1H3;1H/t23-,27-;/m0./s1. The highest BCUT2D eigenvalue weighted by atomic mass is 35.5. The van der Waals surface area contributed by atoms with E-state index in [1.807, 2.05) is 30.3 Å². The quantitative estimate of drug-likeness (QED) is 0.340. The average Bonchev–Trinajstić information content (AvgIpc) is 3.11. The summed E-state index contributed by atoms with van der Waals surface area (Å²) < 4.78 is 2.24. The number of rotatable bonds is 6. The van der Waals surface area contributed by atoms with E-state index in [1.54, 1.807) is 0 Å². The molecule has 4 nitrogen and oxygen atoms in total. The molecular formula is C27H27ClN2O2. The molecule has 1 aromatic heterocycles. The van der Waals surface area contributed by atoms with Gasteiger partial charge in [0.05, 0.1) is 18.8 Å². The van der Waals surface area contributed by atoms with Crippen LogP contribution in [0.2, 0.25) is 0 Å². The summed E-state index contributed by atoms with van der Waals surface area (Å²) in [5, 5.41) is 28.8. The molecule has 0 bridgehead atoms. The Morgan fingerprint density at radius 2 is 1.56 bits per heavy atom. The lowest BCUT2D eigenvalue weighted by molar-refractivity contribution is 0.0892. The number of hydrogen-bond acceptors (Lipinski definition) is 3. The van der Waals surface area contributed by atoms with Gasteiger partial charge >= 0.3 is 0 Å². The summed E-state index contributed by atoms with van der Waals surface area (Å²) in [7, 11) is 2.11. The topological polar surface area (TPSA) is 57.4 Å². The summed E-state index contributed by atoms with van der Waals surface area (Å²) in [4.78, 5) is 0. The van der Waals surface area contributed by atoms with E-state index in [1.165, 1.54) is 32.6 Å². The second-order valence-corrected chi connectivity index (χ2v) is 8.12. The average molecular weight is 447 g/mol. The fourth-order valence-corrected chi connectivity index (χ4v) is 4.55. The summed E-state index contributed by atoms with van der Waals surface area (Å²) in [6.45, 7) is 0.420. The molecule has 3 N–H and O–H groups in total.